The molecule has 0 radical (unpaired) electrons. The molecular formula is C25H21FN2O3. The van der Waals surface area contributed by atoms with E-state index >= 15 is 0 Å². The highest BCUT2D eigenvalue weighted by molar-refractivity contribution is 6.09. The molecule has 1 N–H and O–H groups in total. The Morgan fingerprint density at radius 2 is 1.39 bits per heavy atom. The molecule has 1 saturated heterocycles. The maximum atomic E-state index is 13.5. The number of imide groups is 1. The molecule has 1 fully saturated rings. The van der Waals surface area contributed by atoms with E-state index in [-0.39, 0.29) is 24.7 Å². The maximum absolute atomic E-state index is 13.5. The number of hydrogen-bond acceptors (Lipinski definition) is 3. The molecule has 3 amide bonds. The van der Waals surface area contributed by atoms with Crippen LogP contribution >= 0.6 is 0 Å². The molecule has 31 heavy (non-hydrogen) atoms. The molecule has 1 aliphatic heterocycles. The Bertz CT molecular complexity index is 1060. The number of carbonyl (C=O) groups is 3. The van der Waals surface area contributed by atoms with E-state index in [1.807, 2.05) is 60.7 Å². The second-order valence-electron chi connectivity index (χ2n) is 7.40. The molecule has 3 aromatic carbocycles. The van der Waals surface area contributed by atoms with E-state index < -0.39 is 17.4 Å². The van der Waals surface area contributed by atoms with Gasteiger partial charge in [-0.1, -0.05) is 60.7 Å². The van der Waals surface area contributed by atoms with Gasteiger partial charge in [0, 0.05) is 18.5 Å². The SMILES string of the molecule is O=C(CCCN1C(=O)NC(c2ccccc2)(c2ccccc2)C1=O)c1ccc(F)cc1. The summed E-state index contributed by atoms with van der Waals surface area (Å²) in [4.78, 5) is 39.8. The van der Waals surface area contributed by atoms with Gasteiger partial charge in [0.1, 0.15) is 5.82 Å². The van der Waals surface area contributed by atoms with Gasteiger partial charge in [-0.25, -0.2) is 9.18 Å². The molecule has 3 aromatic rings. The zero-order valence-electron chi connectivity index (χ0n) is 16.8. The highest BCUT2D eigenvalue weighted by Gasteiger charge is 2.53. The predicted octanol–water partition coefficient (Wildman–Crippen LogP) is 4.28. The highest BCUT2D eigenvalue weighted by atomic mass is 19.1. The summed E-state index contributed by atoms with van der Waals surface area (Å²) < 4.78 is 13.0. The summed E-state index contributed by atoms with van der Waals surface area (Å²) in [6.45, 7) is 0.110. The second-order valence-corrected chi connectivity index (χ2v) is 7.40. The van der Waals surface area contributed by atoms with Gasteiger partial charge in [0.15, 0.2) is 11.3 Å². The van der Waals surface area contributed by atoms with Crippen LogP contribution < -0.4 is 5.32 Å². The number of carbonyl (C=O) groups excluding carboxylic acids is 3. The largest absolute Gasteiger partial charge is 0.325 e. The number of halogens is 1. The fourth-order valence-corrected chi connectivity index (χ4v) is 3.89. The summed E-state index contributed by atoms with van der Waals surface area (Å²) in [6, 6.07) is 23.1. The Kier molecular flexibility index (Phi) is 5.62. The third-order valence-electron chi connectivity index (χ3n) is 5.47. The standard InChI is InChI=1S/C25H21FN2O3/c26-21-15-13-18(14-16-21)22(29)12-7-17-28-23(30)25(27-24(28)31,19-8-3-1-4-9-19)20-10-5-2-6-11-20/h1-6,8-11,13-16H,7,12,17H2,(H,27,31). The number of benzene rings is 3. The lowest BCUT2D eigenvalue weighted by Gasteiger charge is -2.28. The minimum absolute atomic E-state index is 0.110. The molecule has 1 aliphatic rings. The van der Waals surface area contributed by atoms with E-state index in [2.05, 4.69) is 5.32 Å². The van der Waals surface area contributed by atoms with Crippen LogP contribution in [-0.2, 0) is 10.3 Å². The zero-order chi connectivity index (χ0) is 21.8. The molecule has 0 aromatic heterocycles. The first kappa shape index (κ1) is 20.5. The van der Waals surface area contributed by atoms with E-state index in [4.69, 9.17) is 0 Å². The summed E-state index contributed by atoms with van der Waals surface area (Å²) in [5.41, 5.74) is 0.441. The molecule has 4 rings (SSSR count). The van der Waals surface area contributed by atoms with Gasteiger partial charge in [-0.2, -0.15) is 0 Å². The first-order valence-corrected chi connectivity index (χ1v) is 10.1. The zero-order valence-corrected chi connectivity index (χ0v) is 16.8. The monoisotopic (exact) mass is 416 g/mol. The van der Waals surface area contributed by atoms with Crippen LogP contribution in [0.4, 0.5) is 9.18 Å². The molecule has 1 heterocycles. The number of amides is 3. The lowest BCUT2D eigenvalue weighted by atomic mass is 9.82. The number of ketones is 1. The topological polar surface area (TPSA) is 66.5 Å². The van der Waals surface area contributed by atoms with Crippen molar-refractivity contribution in [2.45, 2.75) is 18.4 Å². The predicted molar refractivity (Wildman–Crippen MR) is 114 cm³/mol. The van der Waals surface area contributed by atoms with Gasteiger partial charge in [0.25, 0.3) is 5.91 Å². The number of nitrogens with one attached hydrogen (secondary N) is 1. The smallest absolute Gasteiger partial charge is 0.315 e. The molecule has 6 heteroatoms. The summed E-state index contributed by atoms with van der Waals surface area (Å²) >= 11 is 0. The fraction of sp³-hybridized carbons (Fsp3) is 0.160. The molecule has 0 saturated carbocycles. The van der Waals surface area contributed by atoms with Crippen LogP contribution in [0.5, 0.6) is 0 Å². The Labute approximate surface area is 179 Å². The Morgan fingerprint density at radius 3 is 1.94 bits per heavy atom. The Morgan fingerprint density at radius 1 is 0.839 bits per heavy atom. The maximum Gasteiger partial charge on any atom is 0.325 e. The number of nitrogens with zero attached hydrogens (tertiary/aromatic N) is 1. The van der Waals surface area contributed by atoms with Gasteiger partial charge in [-0.15, -0.1) is 0 Å². The second kappa shape index (κ2) is 8.52. The minimum Gasteiger partial charge on any atom is -0.315 e. The van der Waals surface area contributed by atoms with Gasteiger partial charge in [0.2, 0.25) is 0 Å². The number of urea groups is 1. The van der Waals surface area contributed by atoms with Gasteiger partial charge in [-0.05, 0) is 41.8 Å². The summed E-state index contributed by atoms with van der Waals surface area (Å²) in [5.74, 6) is -0.942. The van der Waals surface area contributed by atoms with Gasteiger partial charge >= 0.3 is 6.03 Å². The van der Waals surface area contributed by atoms with Crippen LogP contribution in [0.3, 0.4) is 0 Å². The summed E-state index contributed by atoms with van der Waals surface area (Å²) in [6.07, 6.45) is 0.460. The lowest BCUT2D eigenvalue weighted by Crippen LogP contribution is -2.45. The fourth-order valence-electron chi connectivity index (χ4n) is 3.89. The first-order chi connectivity index (χ1) is 15.0. The van der Waals surface area contributed by atoms with Crippen molar-refractivity contribution in [2.75, 3.05) is 6.54 Å². The number of rotatable bonds is 7. The van der Waals surface area contributed by atoms with Crippen molar-refractivity contribution < 1.29 is 18.8 Å². The quantitative estimate of drug-likeness (QED) is 0.462. The molecule has 0 aliphatic carbocycles. The Hall–Kier alpha value is -3.80. The van der Waals surface area contributed by atoms with Gasteiger partial charge in [0.05, 0.1) is 0 Å². The van der Waals surface area contributed by atoms with Crippen LogP contribution in [-0.4, -0.2) is 29.2 Å². The molecule has 0 atom stereocenters. The highest BCUT2D eigenvalue weighted by Crippen LogP contribution is 2.36. The van der Waals surface area contributed by atoms with E-state index in [1.165, 1.54) is 24.3 Å². The van der Waals surface area contributed by atoms with Crippen molar-refractivity contribution in [1.29, 1.82) is 0 Å². The normalized spacial score (nSPS) is 15.1. The van der Waals surface area contributed by atoms with Crippen molar-refractivity contribution in [1.82, 2.24) is 10.2 Å². The van der Waals surface area contributed by atoms with Crippen molar-refractivity contribution in [3.63, 3.8) is 0 Å². The number of hydrogen-bond donors (Lipinski definition) is 1. The number of Topliss-reactive ketones (excluding diaryl/α,β-unsaturated/α-hetero) is 1. The molecule has 156 valence electrons. The van der Waals surface area contributed by atoms with Crippen LogP contribution in [0.1, 0.15) is 34.3 Å². The molecule has 5 nitrogen and oxygen atoms in total. The van der Waals surface area contributed by atoms with Gasteiger partial charge in [-0.3, -0.25) is 14.5 Å². The molecule has 0 bridgehead atoms. The summed E-state index contributed by atoms with van der Waals surface area (Å²) in [7, 11) is 0. The van der Waals surface area contributed by atoms with Crippen molar-refractivity contribution in [2.24, 2.45) is 0 Å². The van der Waals surface area contributed by atoms with Crippen molar-refractivity contribution in [3.8, 4) is 0 Å². The van der Waals surface area contributed by atoms with E-state index in [0.717, 1.165) is 4.90 Å². The van der Waals surface area contributed by atoms with E-state index in [0.29, 0.717) is 23.1 Å². The average molecular weight is 416 g/mol. The van der Waals surface area contributed by atoms with Crippen LogP contribution in [0.2, 0.25) is 0 Å². The van der Waals surface area contributed by atoms with E-state index in [1.54, 1.807) is 0 Å². The van der Waals surface area contributed by atoms with Crippen molar-refractivity contribution >= 4 is 17.7 Å². The van der Waals surface area contributed by atoms with Crippen LogP contribution in [0.15, 0.2) is 84.9 Å². The van der Waals surface area contributed by atoms with Crippen LogP contribution in [0, 0.1) is 5.82 Å². The minimum atomic E-state index is -1.30. The third-order valence-corrected chi connectivity index (χ3v) is 5.47. The molecule has 0 spiro atoms. The van der Waals surface area contributed by atoms with Crippen molar-refractivity contribution in [3.05, 3.63) is 107 Å². The third kappa shape index (κ3) is 3.84. The van der Waals surface area contributed by atoms with Crippen LogP contribution in [0.25, 0.3) is 0 Å². The van der Waals surface area contributed by atoms with Gasteiger partial charge < -0.3 is 5.32 Å². The lowest BCUT2D eigenvalue weighted by molar-refractivity contribution is -0.130. The average Bonchev–Trinajstić information content (AvgIpc) is 3.06. The molecule has 0 unspecified atom stereocenters. The Balaban J connectivity index is 1.54. The van der Waals surface area contributed by atoms with E-state index in [9.17, 15) is 18.8 Å². The first-order valence-electron chi connectivity index (χ1n) is 10.1. The molecular weight excluding hydrogens is 395 g/mol. The summed E-state index contributed by atoms with van der Waals surface area (Å²) in [5, 5.41) is 2.89.